The van der Waals surface area contributed by atoms with Gasteiger partial charge in [0.1, 0.15) is 4.32 Å². The van der Waals surface area contributed by atoms with Gasteiger partial charge in [0.05, 0.1) is 4.91 Å². The van der Waals surface area contributed by atoms with Crippen LogP contribution in [-0.2, 0) is 4.79 Å². The Labute approximate surface area is 127 Å². The molecule has 0 N–H and O–H groups in total. The van der Waals surface area contributed by atoms with Gasteiger partial charge in [0.2, 0.25) is 0 Å². The molecule has 2 rings (SSSR count). The van der Waals surface area contributed by atoms with E-state index >= 15 is 0 Å². The fourth-order valence-electron chi connectivity index (χ4n) is 1.78. The Morgan fingerprint density at radius 3 is 2.42 bits per heavy atom. The lowest BCUT2D eigenvalue weighted by Gasteiger charge is -2.18. The summed E-state index contributed by atoms with van der Waals surface area (Å²) < 4.78 is 0.645. The molecule has 5 heteroatoms. The molecule has 2 nitrogen and oxygen atoms in total. The third kappa shape index (κ3) is 3.22. The van der Waals surface area contributed by atoms with Crippen LogP contribution in [0.25, 0.3) is 6.08 Å². The summed E-state index contributed by atoms with van der Waals surface area (Å²) in [5, 5.41) is 0. The first-order valence-electron chi connectivity index (χ1n) is 5.94. The normalized spacial score (nSPS) is 17.9. The van der Waals surface area contributed by atoms with Gasteiger partial charge in [-0.2, -0.15) is 0 Å². The monoisotopic (exact) mass is 309 g/mol. The Kier molecular flexibility index (Phi) is 4.71. The number of thioether (sulfide) groups is 2. The van der Waals surface area contributed by atoms with Crippen molar-refractivity contribution in [3.8, 4) is 0 Å². The highest BCUT2D eigenvalue weighted by Crippen LogP contribution is 2.33. The van der Waals surface area contributed by atoms with Crippen LogP contribution in [-0.4, -0.2) is 27.4 Å². The van der Waals surface area contributed by atoms with Crippen molar-refractivity contribution in [3.63, 3.8) is 0 Å². The van der Waals surface area contributed by atoms with Crippen molar-refractivity contribution in [1.82, 2.24) is 4.90 Å². The highest BCUT2D eigenvalue weighted by atomic mass is 32.2. The average molecular weight is 309 g/mol. The van der Waals surface area contributed by atoms with E-state index in [-0.39, 0.29) is 11.9 Å². The molecule has 0 spiro atoms. The van der Waals surface area contributed by atoms with Gasteiger partial charge in [0.15, 0.2) is 0 Å². The molecule has 19 heavy (non-hydrogen) atoms. The zero-order valence-electron chi connectivity index (χ0n) is 11.0. The van der Waals surface area contributed by atoms with Crippen molar-refractivity contribution in [1.29, 1.82) is 0 Å². The summed E-state index contributed by atoms with van der Waals surface area (Å²) in [6.07, 6.45) is 3.95. The summed E-state index contributed by atoms with van der Waals surface area (Å²) >= 11 is 8.33. The standard InChI is InChI=1S/C14H15NOS3/c1-9(2)15-13(16)12(19-14(15)17)8-10-4-6-11(18-3)7-5-10/h4-9H,1-3H3/b12-8-. The molecule has 1 heterocycles. The number of rotatable bonds is 3. The number of hydrogen-bond acceptors (Lipinski definition) is 4. The van der Waals surface area contributed by atoms with E-state index in [0.29, 0.717) is 9.23 Å². The van der Waals surface area contributed by atoms with Crippen molar-refractivity contribution >= 4 is 52.0 Å². The molecule has 1 aliphatic rings. The summed E-state index contributed by atoms with van der Waals surface area (Å²) in [7, 11) is 0. The van der Waals surface area contributed by atoms with Gasteiger partial charge in [-0.25, -0.2) is 0 Å². The number of thiocarbonyl (C=S) groups is 1. The van der Waals surface area contributed by atoms with Crippen molar-refractivity contribution < 1.29 is 4.79 Å². The first-order chi connectivity index (χ1) is 9.02. The third-order valence-corrected chi connectivity index (χ3v) is 4.83. The number of carbonyl (C=O) groups is 1. The quantitative estimate of drug-likeness (QED) is 0.477. The molecule has 0 radical (unpaired) electrons. The predicted octanol–water partition coefficient (Wildman–Crippen LogP) is 4.02. The van der Waals surface area contributed by atoms with Crippen LogP contribution in [0.4, 0.5) is 0 Å². The van der Waals surface area contributed by atoms with Crippen LogP contribution in [0.15, 0.2) is 34.1 Å². The molecule has 0 atom stereocenters. The third-order valence-electron chi connectivity index (χ3n) is 2.75. The topological polar surface area (TPSA) is 20.3 Å². The fraction of sp³-hybridized carbons (Fsp3) is 0.286. The predicted molar refractivity (Wildman–Crippen MR) is 88.4 cm³/mol. The first kappa shape index (κ1) is 14.6. The van der Waals surface area contributed by atoms with E-state index in [1.807, 2.05) is 38.3 Å². The maximum Gasteiger partial charge on any atom is 0.266 e. The lowest BCUT2D eigenvalue weighted by atomic mass is 10.2. The SMILES string of the molecule is CSc1ccc(/C=C2\SC(=S)N(C(C)C)C2=O)cc1. The lowest BCUT2D eigenvalue weighted by Crippen LogP contribution is -2.34. The molecular formula is C14H15NOS3. The van der Waals surface area contributed by atoms with Gasteiger partial charge in [-0.1, -0.05) is 36.1 Å². The molecule has 0 saturated carbocycles. The van der Waals surface area contributed by atoms with Crippen LogP contribution in [0.3, 0.4) is 0 Å². The van der Waals surface area contributed by atoms with Gasteiger partial charge in [0.25, 0.3) is 5.91 Å². The van der Waals surface area contributed by atoms with Gasteiger partial charge >= 0.3 is 0 Å². The Morgan fingerprint density at radius 1 is 1.32 bits per heavy atom. The molecule has 0 bridgehead atoms. The zero-order chi connectivity index (χ0) is 14.0. The number of hydrogen-bond donors (Lipinski definition) is 0. The number of carbonyl (C=O) groups excluding carboxylic acids is 1. The van der Waals surface area contributed by atoms with E-state index in [4.69, 9.17) is 12.2 Å². The van der Waals surface area contributed by atoms with Crippen molar-refractivity contribution in [3.05, 3.63) is 34.7 Å². The van der Waals surface area contributed by atoms with E-state index in [1.165, 1.54) is 16.7 Å². The highest BCUT2D eigenvalue weighted by Gasteiger charge is 2.33. The van der Waals surface area contributed by atoms with Gasteiger partial charge in [-0.3, -0.25) is 9.69 Å². The smallest absolute Gasteiger partial charge is 0.266 e. The molecule has 1 amide bonds. The first-order valence-corrected chi connectivity index (χ1v) is 8.39. The maximum atomic E-state index is 12.2. The summed E-state index contributed by atoms with van der Waals surface area (Å²) in [4.78, 5) is 15.8. The Bertz CT molecular complexity index is 534. The van der Waals surface area contributed by atoms with E-state index in [1.54, 1.807) is 16.7 Å². The summed E-state index contributed by atoms with van der Waals surface area (Å²) in [5.74, 6) is 0.0129. The van der Waals surface area contributed by atoms with Crippen LogP contribution in [0.2, 0.25) is 0 Å². The van der Waals surface area contributed by atoms with E-state index in [9.17, 15) is 4.79 Å². The summed E-state index contributed by atoms with van der Waals surface area (Å²) in [6.45, 7) is 3.95. The van der Waals surface area contributed by atoms with Crippen LogP contribution < -0.4 is 0 Å². The van der Waals surface area contributed by atoms with Gasteiger partial charge < -0.3 is 0 Å². The number of benzene rings is 1. The van der Waals surface area contributed by atoms with Crippen LogP contribution in [0, 0.1) is 0 Å². The molecule has 0 aromatic heterocycles. The Hall–Kier alpha value is -0.780. The minimum atomic E-state index is 0.0129. The van der Waals surface area contributed by atoms with Crippen molar-refractivity contribution in [2.75, 3.05) is 6.26 Å². The van der Waals surface area contributed by atoms with Crippen LogP contribution in [0.5, 0.6) is 0 Å². The highest BCUT2D eigenvalue weighted by molar-refractivity contribution is 8.26. The largest absolute Gasteiger partial charge is 0.290 e. The van der Waals surface area contributed by atoms with Crippen molar-refractivity contribution in [2.24, 2.45) is 0 Å². The molecule has 1 aromatic carbocycles. The zero-order valence-corrected chi connectivity index (χ0v) is 13.5. The molecule has 0 aliphatic carbocycles. The van der Waals surface area contributed by atoms with E-state index < -0.39 is 0 Å². The van der Waals surface area contributed by atoms with Gasteiger partial charge in [0, 0.05) is 10.9 Å². The molecule has 1 aliphatic heterocycles. The molecule has 1 fully saturated rings. The minimum absolute atomic E-state index is 0.0129. The second-order valence-electron chi connectivity index (χ2n) is 4.42. The van der Waals surface area contributed by atoms with Gasteiger partial charge in [-0.05, 0) is 43.9 Å². The Morgan fingerprint density at radius 2 is 1.95 bits per heavy atom. The molecule has 1 saturated heterocycles. The summed E-state index contributed by atoms with van der Waals surface area (Å²) in [6, 6.07) is 8.26. The van der Waals surface area contributed by atoms with Crippen molar-refractivity contribution in [2.45, 2.75) is 24.8 Å². The molecule has 0 unspecified atom stereocenters. The lowest BCUT2D eigenvalue weighted by molar-refractivity contribution is -0.123. The minimum Gasteiger partial charge on any atom is -0.290 e. The van der Waals surface area contributed by atoms with Crippen LogP contribution >= 0.6 is 35.7 Å². The summed E-state index contributed by atoms with van der Waals surface area (Å²) in [5.41, 5.74) is 1.03. The van der Waals surface area contributed by atoms with E-state index in [0.717, 1.165) is 5.56 Å². The number of nitrogens with zero attached hydrogens (tertiary/aromatic N) is 1. The maximum absolute atomic E-state index is 12.2. The second-order valence-corrected chi connectivity index (χ2v) is 6.97. The molecule has 1 aromatic rings. The molecule has 100 valence electrons. The number of amides is 1. The Balaban J connectivity index is 2.24. The van der Waals surface area contributed by atoms with Crippen LogP contribution in [0.1, 0.15) is 19.4 Å². The second kappa shape index (κ2) is 6.11. The van der Waals surface area contributed by atoms with E-state index in [2.05, 4.69) is 12.1 Å². The molecular weight excluding hydrogens is 294 g/mol. The van der Waals surface area contributed by atoms with Gasteiger partial charge in [-0.15, -0.1) is 11.8 Å². The average Bonchev–Trinajstić information content (AvgIpc) is 2.65. The fourth-order valence-corrected chi connectivity index (χ4v) is 3.71.